The lowest BCUT2D eigenvalue weighted by atomic mass is 9.94. The van der Waals surface area contributed by atoms with Gasteiger partial charge in [-0.3, -0.25) is 4.79 Å². The summed E-state index contributed by atoms with van der Waals surface area (Å²) in [4.78, 5) is 27.4. The number of aromatic nitrogens is 1. The number of methoxy groups -OCH3 is 3. The van der Waals surface area contributed by atoms with E-state index in [1.54, 1.807) is 26.0 Å². The molecule has 0 bridgehead atoms. The first-order valence-corrected chi connectivity index (χ1v) is 8.07. The quantitative estimate of drug-likeness (QED) is 0.775. The molecule has 0 aliphatic heterocycles. The fourth-order valence-electron chi connectivity index (χ4n) is 2.80. The second-order valence-corrected chi connectivity index (χ2v) is 5.45. The molecule has 0 aliphatic rings. The van der Waals surface area contributed by atoms with E-state index in [4.69, 9.17) is 18.9 Å². The zero-order valence-corrected chi connectivity index (χ0v) is 15.8. The molecular formula is C19H20N2O6. The fraction of sp³-hybridized carbons (Fsp3) is 0.316. The average Bonchev–Trinajstić information content (AvgIpc) is 2.66. The molecule has 0 saturated carbocycles. The van der Waals surface area contributed by atoms with E-state index >= 15 is 0 Å². The predicted molar refractivity (Wildman–Crippen MR) is 97.6 cm³/mol. The highest BCUT2D eigenvalue weighted by atomic mass is 16.5. The number of aromatic amines is 1. The second-order valence-electron chi connectivity index (χ2n) is 5.45. The maximum atomic E-state index is 12.5. The summed E-state index contributed by atoms with van der Waals surface area (Å²) in [5.41, 5.74) is 0.114. The third kappa shape index (κ3) is 3.58. The topological polar surface area (TPSA) is 111 Å². The zero-order chi connectivity index (χ0) is 20.1. The lowest BCUT2D eigenvalue weighted by molar-refractivity contribution is 0.0526. The minimum Gasteiger partial charge on any atom is -0.493 e. The molecule has 142 valence electrons. The molecular weight excluding hydrogens is 352 g/mol. The summed E-state index contributed by atoms with van der Waals surface area (Å²) < 4.78 is 21.1. The van der Waals surface area contributed by atoms with Gasteiger partial charge in [0.2, 0.25) is 5.75 Å². The van der Waals surface area contributed by atoms with Gasteiger partial charge in [-0.05, 0) is 31.5 Å². The van der Waals surface area contributed by atoms with Gasteiger partial charge in [-0.25, -0.2) is 4.79 Å². The number of hydrogen-bond acceptors (Lipinski definition) is 7. The first kappa shape index (κ1) is 19.8. The van der Waals surface area contributed by atoms with Crippen LogP contribution in [-0.2, 0) is 4.74 Å². The Labute approximate surface area is 156 Å². The van der Waals surface area contributed by atoms with Crippen LogP contribution in [0.1, 0.15) is 28.5 Å². The standard InChI is InChI=1S/C19H20N2O6/c1-6-27-19(23)15-10(2)21-18(22)12(9-20)16(15)11-7-13(24-3)17(26-5)14(8-11)25-4/h7-8H,6H2,1-5H3,(H,21,22). The number of rotatable bonds is 6. The maximum absolute atomic E-state index is 12.5. The Morgan fingerprint density at radius 2 is 1.74 bits per heavy atom. The van der Waals surface area contributed by atoms with Crippen LogP contribution in [0.25, 0.3) is 11.1 Å². The van der Waals surface area contributed by atoms with Crippen molar-refractivity contribution in [1.29, 1.82) is 5.26 Å². The molecule has 0 unspecified atom stereocenters. The number of carbonyl (C=O) groups excluding carboxylic acids is 1. The predicted octanol–water partition coefficient (Wildman–Crippen LogP) is 2.42. The highest BCUT2D eigenvalue weighted by Gasteiger charge is 2.25. The number of carbonyl (C=O) groups is 1. The molecule has 1 aromatic carbocycles. The average molecular weight is 372 g/mol. The van der Waals surface area contributed by atoms with Crippen LogP contribution in [0.2, 0.25) is 0 Å². The van der Waals surface area contributed by atoms with Gasteiger partial charge in [0.25, 0.3) is 5.56 Å². The minimum atomic E-state index is -0.647. The van der Waals surface area contributed by atoms with Crippen molar-refractivity contribution in [3.8, 4) is 34.4 Å². The number of hydrogen-bond donors (Lipinski definition) is 1. The third-order valence-electron chi connectivity index (χ3n) is 3.95. The van der Waals surface area contributed by atoms with Crippen molar-refractivity contribution in [1.82, 2.24) is 4.98 Å². The smallest absolute Gasteiger partial charge is 0.340 e. The van der Waals surface area contributed by atoms with E-state index in [2.05, 4.69) is 4.98 Å². The summed E-state index contributed by atoms with van der Waals surface area (Å²) in [6, 6.07) is 5.00. The highest BCUT2D eigenvalue weighted by Crippen LogP contribution is 2.42. The van der Waals surface area contributed by atoms with E-state index in [0.717, 1.165) is 0 Å². The van der Waals surface area contributed by atoms with Crippen LogP contribution in [0.4, 0.5) is 0 Å². The van der Waals surface area contributed by atoms with Crippen LogP contribution in [0.15, 0.2) is 16.9 Å². The number of H-pyrrole nitrogens is 1. The number of ether oxygens (including phenoxy) is 4. The van der Waals surface area contributed by atoms with Gasteiger partial charge in [0, 0.05) is 11.3 Å². The van der Waals surface area contributed by atoms with Crippen LogP contribution in [0, 0.1) is 18.3 Å². The van der Waals surface area contributed by atoms with E-state index in [0.29, 0.717) is 28.5 Å². The molecule has 1 aromatic heterocycles. The van der Waals surface area contributed by atoms with Gasteiger partial charge in [0.1, 0.15) is 11.6 Å². The number of benzene rings is 1. The van der Waals surface area contributed by atoms with Crippen molar-refractivity contribution in [3.63, 3.8) is 0 Å². The lowest BCUT2D eigenvalue weighted by Crippen LogP contribution is -2.20. The molecule has 1 heterocycles. The second kappa shape index (κ2) is 8.27. The van der Waals surface area contributed by atoms with Crippen LogP contribution in [0.3, 0.4) is 0 Å². The molecule has 0 atom stereocenters. The SMILES string of the molecule is CCOC(=O)c1c(C)[nH]c(=O)c(C#N)c1-c1cc(OC)c(OC)c(OC)c1. The lowest BCUT2D eigenvalue weighted by Gasteiger charge is -2.17. The van der Waals surface area contributed by atoms with E-state index in [-0.39, 0.29) is 23.3 Å². The number of pyridine rings is 1. The molecule has 0 spiro atoms. The number of nitriles is 1. The summed E-state index contributed by atoms with van der Waals surface area (Å²) >= 11 is 0. The van der Waals surface area contributed by atoms with Crippen molar-refractivity contribution in [2.75, 3.05) is 27.9 Å². The van der Waals surface area contributed by atoms with E-state index in [1.807, 2.05) is 6.07 Å². The van der Waals surface area contributed by atoms with Gasteiger partial charge in [-0.2, -0.15) is 5.26 Å². The van der Waals surface area contributed by atoms with Crippen LogP contribution in [0.5, 0.6) is 17.2 Å². The van der Waals surface area contributed by atoms with Crippen molar-refractivity contribution in [3.05, 3.63) is 39.3 Å². The van der Waals surface area contributed by atoms with Gasteiger partial charge in [0.15, 0.2) is 11.5 Å². The molecule has 27 heavy (non-hydrogen) atoms. The number of aryl methyl sites for hydroxylation is 1. The monoisotopic (exact) mass is 372 g/mol. The maximum Gasteiger partial charge on any atom is 0.340 e. The van der Waals surface area contributed by atoms with Crippen molar-refractivity contribution in [2.24, 2.45) is 0 Å². The van der Waals surface area contributed by atoms with Crippen LogP contribution in [-0.4, -0.2) is 38.9 Å². The number of nitrogens with one attached hydrogen (secondary N) is 1. The van der Waals surface area contributed by atoms with Crippen molar-refractivity contribution < 1.29 is 23.7 Å². The Hall–Kier alpha value is -3.47. The van der Waals surface area contributed by atoms with Gasteiger partial charge in [-0.1, -0.05) is 0 Å². The molecule has 0 saturated heterocycles. The van der Waals surface area contributed by atoms with Gasteiger partial charge in [0.05, 0.1) is 33.5 Å². The van der Waals surface area contributed by atoms with E-state index < -0.39 is 11.5 Å². The first-order chi connectivity index (χ1) is 12.9. The molecule has 0 amide bonds. The first-order valence-electron chi connectivity index (χ1n) is 8.07. The largest absolute Gasteiger partial charge is 0.493 e. The Balaban J connectivity index is 2.95. The number of esters is 1. The highest BCUT2D eigenvalue weighted by molar-refractivity contribution is 6.00. The molecule has 2 aromatic rings. The molecule has 8 nitrogen and oxygen atoms in total. The van der Waals surface area contributed by atoms with Gasteiger partial charge in [-0.15, -0.1) is 0 Å². The van der Waals surface area contributed by atoms with Crippen LogP contribution >= 0.6 is 0 Å². The normalized spacial score (nSPS) is 10.1. The summed E-state index contributed by atoms with van der Waals surface area (Å²) in [5, 5.41) is 9.53. The fourth-order valence-corrected chi connectivity index (χ4v) is 2.80. The Morgan fingerprint density at radius 3 is 2.19 bits per heavy atom. The molecule has 1 N–H and O–H groups in total. The Kier molecular flexibility index (Phi) is 6.08. The molecule has 0 fully saturated rings. The molecule has 0 aliphatic carbocycles. The summed E-state index contributed by atoms with van der Waals surface area (Å²) in [7, 11) is 4.35. The van der Waals surface area contributed by atoms with Crippen molar-refractivity contribution >= 4 is 5.97 Å². The molecule has 0 radical (unpaired) electrons. The van der Waals surface area contributed by atoms with Crippen molar-refractivity contribution in [2.45, 2.75) is 13.8 Å². The van der Waals surface area contributed by atoms with E-state index in [9.17, 15) is 14.9 Å². The third-order valence-corrected chi connectivity index (χ3v) is 3.95. The van der Waals surface area contributed by atoms with Gasteiger partial charge >= 0.3 is 5.97 Å². The number of nitrogens with zero attached hydrogens (tertiary/aromatic N) is 1. The van der Waals surface area contributed by atoms with E-state index in [1.165, 1.54) is 21.3 Å². The Morgan fingerprint density at radius 1 is 1.15 bits per heavy atom. The molecule has 2 rings (SSSR count). The Bertz CT molecular complexity index is 946. The minimum absolute atomic E-state index is 0.0993. The summed E-state index contributed by atoms with van der Waals surface area (Å²) in [6.45, 7) is 3.38. The summed E-state index contributed by atoms with van der Waals surface area (Å²) in [6.07, 6.45) is 0. The zero-order valence-electron chi connectivity index (χ0n) is 15.8. The van der Waals surface area contributed by atoms with Gasteiger partial charge < -0.3 is 23.9 Å². The summed E-state index contributed by atoms with van der Waals surface area (Å²) in [5.74, 6) is 0.347. The molecule has 8 heteroatoms. The van der Waals surface area contributed by atoms with Crippen LogP contribution < -0.4 is 19.8 Å².